The van der Waals surface area contributed by atoms with Gasteiger partial charge in [-0.2, -0.15) is 0 Å². The minimum atomic E-state index is -0.243. The SMILES string of the molecule is CC(C)CC(=O)N(C)C(C)(C)CCl. The van der Waals surface area contributed by atoms with Gasteiger partial charge >= 0.3 is 0 Å². The Balaban J connectivity index is 4.25. The van der Waals surface area contributed by atoms with Crippen molar-refractivity contribution < 1.29 is 4.79 Å². The molecule has 78 valence electrons. The van der Waals surface area contributed by atoms with Gasteiger partial charge in [0.15, 0.2) is 0 Å². The third kappa shape index (κ3) is 3.99. The first-order valence-corrected chi connectivity index (χ1v) is 5.17. The molecule has 0 fully saturated rings. The van der Waals surface area contributed by atoms with Crippen LogP contribution in [0.5, 0.6) is 0 Å². The van der Waals surface area contributed by atoms with Crippen LogP contribution in [-0.2, 0) is 4.79 Å². The molecule has 2 nitrogen and oxygen atoms in total. The molecular weight excluding hydrogens is 186 g/mol. The van der Waals surface area contributed by atoms with E-state index in [2.05, 4.69) is 0 Å². The number of halogens is 1. The van der Waals surface area contributed by atoms with E-state index in [-0.39, 0.29) is 11.4 Å². The molecule has 0 saturated carbocycles. The number of hydrogen-bond acceptors (Lipinski definition) is 1. The maximum atomic E-state index is 11.6. The highest BCUT2D eigenvalue weighted by Gasteiger charge is 2.26. The summed E-state index contributed by atoms with van der Waals surface area (Å²) in [6.45, 7) is 8.02. The van der Waals surface area contributed by atoms with Gasteiger partial charge in [0.05, 0.1) is 5.54 Å². The number of nitrogens with zero attached hydrogens (tertiary/aromatic N) is 1. The van der Waals surface area contributed by atoms with Gasteiger partial charge in [0, 0.05) is 19.3 Å². The fourth-order valence-electron chi connectivity index (χ4n) is 0.913. The zero-order valence-corrected chi connectivity index (χ0v) is 9.98. The summed E-state index contributed by atoms with van der Waals surface area (Å²) in [5.74, 6) is 1.04. The Morgan fingerprint density at radius 3 is 2.23 bits per heavy atom. The van der Waals surface area contributed by atoms with E-state index in [1.165, 1.54) is 0 Å². The molecule has 0 heterocycles. The van der Waals surface area contributed by atoms with Crippen LogP contribution in [0.3, 0.4) is 0 Å². The van der Waals surface area contributed by atoms with Crippen molar-refractivity contribution in [3.8, 4) is 0 Å². The summed E-state index contributed by atoms with van der Waals surface area (Å²) in [4.78, 5) is 13.4. The average molecular weight is 206 g/mol. The molecule has 1 amide bonds. The van der Waals surface area contributed by atoms with Crippen LogP contribution in [0.4, 0.5) is 0 Å². The average Bonchev–Trinajstić information content (AvgIpc) is 2.01. The Morgan fingerprint density at radius 1 is 1.46 bits per heavy atom. The summed E-state index contributed by atoms with van der Waals surface area (Å²) in [7, 11) is 1.81. The minimum absolute atomic E-state index is 0.167. The smallest absolute Gasteiger partial charge is 0.223 e. The van der Waals surface area contributed by atoms with E-state index in [0.29, 0.717) is 18.2 Å². The predicted molar refractivity (Wildman–Crippen MR) is 57.0 cm³/mol. The third-order valence-corrected chi connectivity index (χ3v) is 2.85. The zero-order chi connectivity index (χ0) is 10.6. The Bertz CT molecular complexity index is 178. The van der Waals surface area contributed by atoms with Crippen LogP contribution >= 0.6 is 11.6 Å². The van der Waals surface area contributed by atoms with Crippen LogP contribution in [0, 0.1) is 5.92 Å². The predicted octanol–water partition coefficient (Wildman–Crippen LogP) is 2.51. The molecule has 0 unspecified atom stereocenters. The molecular formula is C10H20ClNO. The van der Waals surface area contributed by atoms with Crippen LogP contribution in [0.25, 0.3) is 0 Å². The second-order valence-corrected chi connectivity index (χ2v) is 4.76. The largest absolute Gasteiger partial charge is 0.339 e. The van der Waals surface area contributed by atoms with E-state index in [4.69, 9.17) is 11.6 Å². The summed E-state index contributed by atoms with van der Waals surface area (Å²) in [6, 6.07) is 0. The molecule has 0 saturated heterocycles. The number of alkyl halides is 1. The lowest BCUT2D eigenvalue weighted by Gasteiger charge is -2.34. The number of amides is 1. The molecule has 0 radical (unpaired) electrons. The molecule has 0 bridgehead atoms. The Labute approximate surface area is 86.2 Å². The summed E-state index contributed by atoms with van der Waals surface area (Å²) in [6.07, 6.45) is 0.594. The van der Waals surface area contributed by atoms with Gasteiger partial charge < -0.3 is 4.90 Å². The maximum Gasteiger partial charge on any atom is 0.223 e. The maximum absolute atomic E-state index is 11.6. The fraction of sp³-hybridized carbons (Fsp3) is 0.900. The molecule has 0 aliphatic rings. The molecule has 0 aliphatic heterocycles. The highest BCUT2D eigenvalue weighted by molar-refractivity contribution is 6.18. The number of hydrogen-bond donors (Lipinski definition) is 0. The second kappa shape index (κ2) is 4.85. The van der Waals surface area contributed by atoms with Crippen LogP contribution in [0.15, 0.2) is 0 Å². The standard InChI is InChI=1S/C10H20ClNO/c1-8(2)6-9(13)12(5)10(3,4)7-11/h8H,6-7H2,1-5H3. The quantitative estimate of drug-likeness (QED) is 0.646. The van der Waals surface area contributed by atoms with Crippen LogP contribution in [0.2, 0.25) is 0 Å². The van der Waals surface area contributed by atoms with Gasteiger partial charge in [-0.1, -0.05) is 13.8 Å². The number of carbonyl (C=O) groups is 1. The van der Waals surface area contributed by atoms with Crippen LogP contribution < -0.4 is 0 Å². The van der Waals surface area contributed by atoms with Crippen molar-refractivity contribution in [3.05, 3.63) is 0 Å². The molecule has 13 heavy (non-hydrogen) atoms. The summed E-state index contributed by atoms with van der Waals surface area (Å²) in [5, 5.41) is 0. The first-order valence-electron chi connectivity index (χ1n) is 4.64. The Kier molecular flexibility index (Phi) is 4.76. The van der Waals surface area contributed by atoms with Gasteiger partial charge in [-0.05, 0) is 19.8 Å². The Morgan fingerprint density at radius 2 is 1.92 bits per heavy atom. The van der Waals surface area contributed by atoms with Gasteiger partial charge in [-0.3, -0.25) is 4.79 Å². The summed E-state index contributed by atoms with van der Waals surface area (Å²) < 4.78 is 0. The van der Waals surface area contributed by atoms with E-state index in [0.717, 1.165) is 0 Å². The van der Waals surface area contributed by atoms with Crippen molar-refractivity contribution >= 4 is 17.5 Å². The normalized spacial score (nSPS) is 11.9. The van der Waals surface area contributed by atoms with Crippen LogP contribution in [-0.4, -0.2) is 29.3 Å². The summed E-state index contributed by atoms with van der Waals surface area (Å²) in [5.41, 5.74) is -0.243. The zero-order valence-electron chi connectivity index (χ0n) is 9.22. The van der Waals surface area contributed by atoms with Gasteiger partial charge in [0.1, 0.15) is 0 Å². The first-order chi connectivity index (χ1) is 5.81. The molecule has 0 spiro atoms. The Hall–Kier alpha value is -0.240. The van der Waals surface area contributed by atoms with E-state index in [1.54, 1.807) is 4.90 Å². The monoisotopic (exact) mass is 205 g/mol. The van der Waals surface area contributed by atoms with Crippen molar-refractivity contribution in [1.29, 1.82) is 0 Å². The van der Waals surface area contributed by atoms with E-state index in [9.17, 15) is 4.79 Å². The van der Waals surface area contributed by atoms with Crippen molar-refractivity contribution in [1.82, 2.24) is 4.90 Å². The molecule has 0 rings (SSSR count). The van der Waals surface area contributed by atoms with Crippen molar-refractivity contribution in [2.45, 2.75) is 39.7 Å². The first kappa shape index (κ1) is 12.8. The molecule has 0 atom stereocenters. The van der Waals surface area contributed by atoms with Crippen molar-refractivity contribution in [2.24, 2.45) is 5.92 Å². The molecule has 3 heteroatoms. The molecule has 0 aromatic rings. The third-order valence-electron chi connectivity index (χ3n) is 2.19. The van der Waals surface area contributed by atoms with Gasteiger partial charge in [0.25, 0.3) is 0 Å². The highest BCUT2D eigenvalue weighted by atomic mass is 35.5. The lowest BCUT2D eigenvalue weighted by Crippen LogP contribution is -2.46. The van der Waals surface area contributed by atoms with Crippen molar-refractivity contribution in [3.63, 3.8) is 0 Å². The summed E-state index contributed by atoms with van der Waals surface area (Å²) >= 11 is 5.77. The van der Waals surface area contributed by atoms with Crippen molar-refractivity contribution in [2.75, 3.05) is 12.9 Å². The lowest BCUT2D eigenvalue weighted by molar-refractivity contribution is -0.134. The second-order valence-electron chi connectivity index (χ2n) is 4.50. The van der Waals surface area contributed by atoms with E-state index < -0.39 is 0 Å². The fourth-order valence-corrected chi connectivity index (χ4v) is 1.09. The molecule has 0 aliphatic carbocycles. The minimum Gasteiger partial charge on any atom is -0.339 e. The lowest BCUT2D eigenvalue weighted by atomic mass is 10.0. The van der Waals surface area contributed by atoms with E-state index >= 15 is 0 Å². The highest BCUT2D eigenvalue weighted by Crippen LogP contribution is 2.16. The molecule has 0 aromatic carbocycles. The molecule has 0 N–H and O–H groups in total. The van der Waals surface area contributed by atoms with Gasteiger partial charge in [0.2, 0.25) is 5.91 Å². The number of rotatable bonds is 4. The van der Waals surface area contributed by atoms with E-state index in [1.807, 2.05) is 34.7 Å². The molecule has 0 aromatic heterocycles. The van der Waals surface area contributed by atoms with Gasteiger partial charge in [-0.15, -0.1) is 11.6 Å². The topological polar surface area (TPSA) is 20.3 Å². The van der Waals surface area contributed by atoms with Crippen LogP contribution in [0.1, 0.15) is 34.1 Å². The number of carbonyl (C=O) groups excluding carboxylic acids is 1. The van der Waals surface area contributed by atoms with Gasteiger partial charge in [-0.25, -0.2) is 0 Å².